The summed E-state index contributed by atoms with van der Waals surface area (Å²) < 4.78 is 14.2. The predicted octanol–water partition coefficient (Wildman–Crippen LogP) is 1.96. The maximum atomic E-state index is 13.9. The van der Waals surface area contributed by atoms with Crippen LogP contribution in [0.15, 0.2) is 41.8 Å². The molecule has 0 aliphatic rings. The van der Waals surface area contributed by atoms with Crippen LogP contribution in [0.3, 0.4) is 0 Å². The van der Waals surface area contributed by atoms with E-state index in [0.717, 1.165) is 0 Å². The average molecular weight is 518 g/mol. The van der Waals surface area contributed by atoms with E-state index in [1.165, 1.54) is 23.3 Å². The van der Waals surface area contributed by atoms with E-state index in [9.17, 15) is 19.2 Å². The molecule has 1 unspecified atom stereocenters. The van der Waals surface area contributed by atoms with Crippen LogP contribution in [0.2, 0.25) is 0 Å². The first kappa shape index (κ1) is 25.6. The Morgan fingerprint density at radius 1 is 1.17 bits per heavy atom. The predicted molar refractivity (Wildman–Crippen MR) is 132 cm³/mol. The summed E-state index contributed by atoms with van der Waals surface area (Å²) >= 11 is 1.93. The number of nitrogen functional groups attached to an aromatic ring is 1. The van der Waals surface area contributed by atoms with Crippen LogP contribution in [0, 0.1) is 0 Å². The number of methoxy groups -OCH3 is 1. The van der Waals surface area contributed by atoms with Gasteiger partial charge in [0.15, 0.2) is 11.7 Å². The number of esters is 1. The number of hydrogen-bond acceptors (Lipinski definition) is 10. The lowest BCUT2D eigenvalue weighted by atomic mass is 10.1. The van der Waals surface area contributed by atoms with Gasteiger partial charge in [-0.15, -0.1) is 11.3 Å². The Bertz CT molecular complexity index is 1230. The van der Waals surface area contributed by atoms with Crippen LogP contribution in [-0.4, -0.2) is 48.3 Å². The molecular formula is C22H23N5O6S2. The van der Waals surface area contributed by atoms with Crippen molar-refractivity contribution < 1.29 is 28.7 Å². The fourth-order valence-electron chi connectivity index (χ4n) is 3.22. The van der Waals surface area contributed by atoms with Gasteiger partial charge in [0.2, 0.25) is 5.91 Å². The van der Waals surface area contributed by atoms with Crippen molar-refractivity contribution in [2.45, 2.75) is 13.0 Å². The second-order valence-corrected chi connectivity index (χ2v) is 8.68. The van der Waals surface area contributed by atoms with E-state index in [1.54, 1.807) is 48.7 Å². The minimum Gasteiger partial charge on any atom is -0.495 e. The van der Waals surface area contributed by atoms with Crippen molar-refractivity contribution >= 4 is 57.9 Å². The number of rotatable bonds is 10. The molecule has 3 rings (SSSR count). The molecule has 5 N–H and O–H groups in total. The lowest BCUT2D eigenvalue weighted by molar-refractivity contribution is -0.143. The summed E-state index contributed by atoms with van der Waals surface area (Å²) in [4.78, 5) is 52.5. The van der Waals surface area contributed by atoms with Crippen molar-refractivity contribution in [3.05, 3.63) is 57.2 Å². The van der Waals surface area contributed by atoms with E-state index < -0.39 is 36.3 Å². The summed E-state index contributed by atoms with van der Waals surface area (Å²) in [6, 6.07) is 8.79. The van der Waals surface area contributed by atoms with Crippen molar-refractivity contribution in [3.8, 4) is 5.75 Å². The van der Waals surface area contributed by atoms with E-state index in [1.807, 2.05) is 0 Å². The average Bonchev–Trinajstić information content (AvgIpc) is 3.50. The van der Waals surface area contributed by atoms with E-state index in [-0.39, 0.29) is 28.6 Å². The number of nitrogens with one attached hydrogen (secondary N) is 1. The van der Waals surface area contributed by atoms with E-state index in [2.05, 4.69) is 9.69 Å². The fraction of sp³-hybridized carbons (Fsp3) is 0.227. The number of carbonyl (C=O) groups is 4. The molecule has 0 aliphatic heterocycles. The van der Waals surface area contributed by atoms with Gasteiger partial charge in [0.05, 0.1) is 25.1 Å². The molecule has 11 nitrogen and oxygen atoms in total. The lowest BCUT2D eigenvalue weighted by Crippen LogP contribution is -2.45. The second-order valence-electron chi connectivity index (χ2n) is 6.93. The summed E-state index contributed by atoms with van der Waals surface area (Å²) in [6.07, 6.45) is 0. The molecule has 184 valence electrons. The normalized spacial score (nSPS) is 11.4. The maximum absolute atomic E-state index is 13.9. The minimum atomic E-state index is -1.22. The number of carbonyl (C=O) groups excluding carboxylic acids is 4. The van der Waals surface area contributed by atoms with Gasteiger partial charge in [0.25, 0.3) is 11.8 Å². The number of thiophene rings is 1. The Labute approximate surface area is 208 Å². The third-order valence-electron chi connectivity index (χ3n) is 4.75. The van der Waals surface area contributed by atoms with Gasteiger partial charge in [0, 0.05) is 4.88 Å². The topological polar surface area (TPSA) is 167 Å². The monoisotopic (exact) mass is 517 g/mol. The molecule has 2 heterocycles. The van der Waals surface area contributed by atoms with Crippen molar-refractivity contribution in [1.29, 1.82) is 0 Å². The highest BCUT2D eigenvalue weighted by Gasteiger charge is 2.38. The molecule has 0 saturated heterocycles. The molecule has 0 saturated carbocycles. The molecule has 2 aromatic heterocycles. The van der Waals surface area contributed by atoms with Gasteiger partial charge in [0.1, 0.15) is 17.2 Å². The molecule has 1 aromatic carbocycles. The van der Waals surface area contributed by atoms with Crippen LogP contribution in [-0.2, 0) is 14.3 Å². The number of nitrogens with two attached hydrogens (primary N) is 2. The Hall–Kier alpha value is -3.97. The smallest absolute Gasteiger partial charge is 0.325 e. The highest BCUT2D eigenvalue weighted by Crippen LogP contribution is 2.38. The second kappa shape index (κ2) is 11.4. The fourth-order valence-corrected chi connectivity index (χ4v) is 4.78. The molecule has 0 fully saturated rings. The van der Waals surface area contributed by atoms with Gasteiger partial charge in [-0.3, -0.25) is 24.1 Å². The number of ether oxygens (including phenoxy) is 2. The van der Waals surface area contributed by atoms with Gasteiger partial charge in [-0.05, 0) is 42.0 Å². The van der Waals surface area contributed by atoms with Gasteiger partial charge in [-0.1, -0.05) is 18.2 Å². The minimum absolute atomic E-state index is 0.0792. The van der Waals surface area contributed by atoms with Gasteiger partial charge >= 0.3 is 5.97 Å². The van der Waals surface area contributed by atoms with Crippen molar-refractivity contribution in [2.75, 3.05) is 30.9 Å². The SMILES string of the molecule is CCOC(=O)CNC(=O)C(c1cccs1)N(C(=O)c1snc(C(N)=O)c1N)c1ccccc1OC. The quantitative estimate of drug-likeness (QED) is 0.343. The standard InChI is InChI=1S/C22H23N5O6S2/c1-3-33-15(28)11-25-21(30)18(14-9-6-10-34-14)27(12-7-4-5-8-13(12)32-2)22(31)19-16(23)17(20(24)29)26-35-19/h4-10,18H,3,11,23H2,1-2H3,(H2,24,29)(H,25,30). The van der Waals surface area contributed by atoms with Crippen molar-refractivity contribution in [1.82, 2.24) is 9.69 Å². The van der Waals surface area contributed by atoms with Gasteiger partial charge < -0.3 is 26.3 Å². The molecule has 1 atom stereocenters. The van der Waals surface area contributed by atoms with Crippen molar-refractivity contribution in [2.24, 2.45) is 5.73 Å². The zero-order valence-corrected chi connectivity index (χ0v) is 20.5. The number of hydrogen-bond donors (Lipinski definition) is 3. The molecule has 3 aromatic rings. The Kier molecular flexibility index (Phi) is 8.39. The first-order valence-corrected chi connectivity index (χ1v) is 11.9. The zero-order chi connectivity index (χ0) is 25.5. The highest BCUT2D eigenvalue weighted by molar-refractivity contribution is 7.10. The third-order valence-corrected chi connectivity index (χ3v) is 6.53. The van der Waals surface area contributed by atoms with Crippen LogP contribution < -0.4 is 26.4 Å². The molecule has 0 bridgehead atoms. The van der Waals surface area contributed by atoms with Crippen molar-refractivity contribution in [3.63, 3.8) is 0 Å². The molecule has 3 amide bonds. The molecule has 0 radical (unpaired) electrons. The third kappa shape index (κ3) is 5.58. The van der Waals surface area contributed by atoms with Crippen LogP contribution in [0.5, 0.6) is 5.75 Å². The number of amides is 3. The van der Waals surface area contributed by atoms with Crippen LogP contribution in [0.1, 0.15) is 38.0 Å². The highest BCUT2D eigenvalue weighted by atomic mass is 32.1. The molecule has 0 aliphatic carbocycles. The molecular weight excluding hydrogens is 494 g/mol. The van der Waals surface area contributed by atoms with Crippen LogP contribution in [0.4, 0.5) is 11.4 Å². The number of aromatic nitrogens is 1. The van der Waals surface area contributed by atoms with E-state index >= 15 is 0 Å². The van der Waals surface area contributed by atoms with Crippen LogP contribution >= 0.6 is 22.9 Å². The first-order valence-electron chi connectivity index (χ1n) is 10.3. The van der Waals surface area contributed by atoms with E-state index in [0.29, 0.717) is 22.2 Å². The van der Waals surface area contributed by atoms with Crippen LogP contribution in [0.25, 0.3) is 0 Å². The number of anilines is 2. The Balaban J connectivity index is 2.14. The molecule has 13 heteroatoms. The largest absolute Gasteiger partial charge is 0.495 e. The summed E-state index contributed by atoms with van der Waals surface area (Å²) in [5, 5.41) is 4.28. The first-order chi connectivity index (χ1) is 16.8. The number of nitrogens with zero attached hydrogens (tertiary/aromatic N) is 2. The van der Waals surface area contributed by atoms with E-state index in [4.69, 9.17) is 20.9 Å². The molecule has 0 spiro atoms. The number of primary amides is 1. The summed E-state index contributed by atoms with van der Waals surface area (Å²) in [5.74, 6) is -2.55. The Morgan fingerprint density at radius 2 is 1.91 bits per heavy atom. The maximum Gasteiger partial charge on any atom is 0.325 e. The zero-order valence-electron chi connectivity index (χ0n) is 18.8. The molecule has 35 heavy (non-hydrogen) atoms. The Morgan fingerprint density at radius 3 is 2.51 bits per heavy atom. The lowest BCUT2D eigenvalue weighted by Gasteiger charge is -2.31. The summed E-state index contributed by atoms with van der Waals surface area (Å²) in [5.41, 5.74) is 11.2. The number of benzene rings is 1. The van der Waals surface area contributed by atoms with Gasteiger partial charge in [-0.25, -0.2) is 0 Å². The number of para-hydroxylation sites is 2. The summed E-state index contributed by atoms with van der Waals surface area (Å²) in [6.45, 7) is 1.41. The van der Waals surface area contributed by atoms with Gasteiger partial charge in [-0.2, -0.15) is 4.37 Å². The summed E-state index contributed by atoms with van der Waals surface area (Å²) in [7, 11) is 1.43.